The minimum Gasteiger partial charge on any atom is -0.504 e. The number of carbonyl (C=O) groups is 2. The van der Waals surface area contributed by atoms with E-state index in [4.69, 9.17) is 4.74 Å². The highest BCUT2D eigenvalue weighted by molar-refractivity contribution is 5.88. The Morgan fingerprint density at radius 3 is 1.60 bits per heavy atom. The van der Waals surface area contributed by atoms with Crippen LogP contribution in [0, 0.1) is 13.8 Å². The summed E-state index contributed by atoms with van der Waals surface area (Å²) < 4.78 is 8.15. The first-order valence-electron chi connectivity index (χ1n) is 13.3. The van der Waals surface area contributed by atoms with Gasteiger partial charge in [-0.05, 0) is 87.0 Å². The first kappa shape index (κ1) is 28.7. The average molecular weight is 585 g/mol. The quantitative estimate of drug-likeness (QED) is 0.173. The molecule has 0 radical (unpaired) electrons. The van der Waals surface area contributed by atoms with Gasteiger partial charge in [0.1, 0.15) is 0 Å². The van der Waals surface area contributed by atoms with Gasteiger partial charge in [0.05, 0.1) is 40.2 Å². The summed E-state index contributed by atoms with van der Waals surface area (Å²) in [7, 11) is 0. The molecule has 0 bridgehead atoms. The van der Waals surface area contributed by atoms with Gasteiger partial charge in [0, 0.05) is 17.3 Å². The number of hydrogen-bond donors (Lipinski definition) is 5. The zero-order valence-electron chi connectivity index (χ0n) is 23.4. The zero-order chi connectivity index (χ0) is 31.0. The van der Waals surface area contributed by atoms with Gasteiger partial charge < -0.3 is 20.1 Å². The number of aromatic hydroxyl groups is 1. The molecule has 0 spiro atoms. The zero-order valence-corrected chi connectivity index (χ0v) is 23.4. The standard InChI is InChI=1S/C31H28N4O8/c1-4-43-24-15-20(9-14-23(24)36)27(25-16(2)32-34(28(25)37)21-10-5-18(6-11-21)30(39)40)26-17(3)33-35(29(26)38)22-12-7-19(8-13-22)31(41)42/h5-15,27,32-33,36H,4H2,1-3H3,(H,39,40)(H,41,42). The van der Waals surface area contributed by atoms with Gasteiger partial charge in [0.2, 0.25) is 0 Å². The molecule has 3 aromatic carbocycles. The Bertz CT molecular complexity index is 1850. The normalized spacial score (nSPS) is 11.2. The summed E-state index contributed by atoms with van der Waals surface area (Å²) in [6, 6.07) is 16.2. The number of phenols is 1. The van der Waals surface area contributed by atoms with Crippen LogP contribution in [0.2, 0.25) is 0 Å². The Labute approximate surface area is 244 Å². The first-order valence-corrected chi connectivity index (χ1v) is 13.3. The largest absolute Gasteiger partial charge is 0.504 e. The van der Waals surface area contributed by atoms with Crippen molar-refractivity contribution in [3.63, 3.8) is 0 Å². The summed E-state index contributed by atoms with van der Waals surface area (Å²) in [4.78, 5) is 50.7. The summed E-state index contributed by atoms with van der Waals surface area (Å²) in [6.45, 7) is 5.42. The van der Waals surface area contributed by atoms with E-state index in [9.17, 15) is 34.5 Å². The SMILES string of the molecule is CCOc1cc(C(c2c(C)[nH]n(-c3ccc(C(=O)O)cc3)c2=O)c2c(C)[nH]n(-c3ccc(C(=O)O)cc3)c2=O)ccc1O. The molecule has 5 aromatic rings. The fourth-order valence-electron chi connectivity index (χ4n) is 5.13. The fraction of sp³-hybridized carbons (Fsp3) is 0.161. The Kier molecular flexibility index (Phi) is 7.51. The molecule has 5 N–H and O–H groups in total. The van der Waals surface area contributed by atoms with Crippen LogP contribution in [0.1, 0.15) is 61.6 Å². The van der Waals surface area contributed by atoms with Crippen LogP contribution in [0.15, 0.2) is 76.3 Å². The van der Waals surface area contributed by atoms with E-state index in [-0.39, 0.29) is 40.4 Å². The van der Waals surface area contributed by atoms with E-state index in [1.807, 2.05) is 0 Å². The molecule has 0 unspecified atom stereocenters. The van der Waals surface area contributed by atoms with Gasteiger partial charge >= 0.3 is 11.9 Å². The molecule has 2 heterocycles. The maximum Gasteiger partial charge on any atom is 0.335 e. The number of aromatic nitrogens is 4. The third kappa shape index (κ3) is 5.21. The molecule has 0 aliphatic carbocycles. The topological polar surface area (TPSA) is 180 Å². The van der Waals surface area contributed by atoms with Crippen molar-refractivity contribution < 1.29 is 29.6 Å². The maximum absolute atomic E-state index is 14.0. The van der Waals surface area contributed by atoms with E-state index in [1.54, 1.807) is 32.9 Å². The minimum absolute atomic E-state index is 0.0607. The van der Waals surface area contributed by atoms with Crippen molar-refractivity contribution in [1.29, 1.82) is 0 Å². The van der Waals surface area contributed by atoms with Crippen LogP contribution in [0.3, 0.4) is 0 Å². The lowest BCUT2D eigenvalue weighted by Crippen LogP contribution is -2.25. The Morgan fingerprint density at radius 2 is 1.21 bits per heavy atom. The second kappa shape index (κ2) is 11.2. The number of nitrogens with one attached hydrogen (secondary N) is 2. The van der Waals surface area contributed by atoms with Crippen LogP contribution in [-0.2, 0) is 0 Å². The highest BCUT2D eigenvalue weighted by atomic mass is 16.5. The van der Waals surface area contributed by atoms with Crippen molar-refractivity contribution in [3.8, 4) is 22.9 Å². The number of aryl methyl sites for hydroxylation is 2. The smallest absolute Gasteiger partial charge is 0.335 e. The Balaban J connectivity index is 1.73. The lowest BCUT2D eigenvalue weighted by molar-refractivity contribution is 0.0686. The molecular formula is C31H28N4O8. The van der Waals surface area contributed by atoms with Gasteiger partial charge in [-0.2, -0.15) is 0 Å². The lowest BCUT2D eigenvalue weighted by Gasteiger charge is -2.17. The molecule has 43 heavy (non-hydrogen) atoms. The number of aromatic amines is 2. The van der Waals surface area contributed by atoms with Crippen molar-refractivity contribution in [1.82, 2.24) is 19.6 Å². The maximum atomic E-state index is 14.0. The average Bonchev–Trinajstić information content (AvgIpc) is 3.45. The van der Waals surface area contributed by atoms with Crippen molar-refractivity contribution in [3.05, 3.63) is 127 Å². The number of rotatable bonds is 9. The molecule has 5 rings (SSSR count). The number of phenolic OH excluding ortho intramolecular Hbond substituents is 1. The molecule has 0 aliphatic heterocycles. The molecule has 12 nitrogen and oxygen atoms in total. The Morgan fingerprint density at radius 1 is 0.767 bits per heavy atom. The fourth-order valence-corrected chi connectivity index (χ4v) is 5.13. The van der Waals surface area contributed by atoms with Crippen molar-refractivity contribution >= 4 is 11.9 Å². The van der Waals surface area contributed by atoms with Crippen LogP contribution in [-0.4, -0.2) is 53.4 Å². The second-order valence-electron chi connectivity index (χ2n) is 9.88. The number of benzene rings is 3. The predicted octanol–water partition coefficient (Wildman–Crippen LogP) is 3.94. The van der Waals surface area contributed by atoms with E-state index in [0.29, 0.717) is 28.3 Å². The van der Waals surface area contributed by atoms with E-state index in [2.05, 4.69) is 10.2 Å². The highest BCUT2D eigenvalue weighted by Crippen LogP contribution is 2.37. The number of aromatic carboxylic acids is 2. The number of hydrogen-bond acceptors (Lipinski definition) is 6. The molecule has 0 saturated carbocycles. The predicted molar refractivity (Wildman–Crippen MR) is 156 cm³/mol. The molecule has 12 heteroatoms. The summed E-state index contributed by atoms with van der Waals surface area (Å²) in [5.41, 5.74) is 1.91. The number of nitrogens with zero attached hydrogens (tertiary/aromatic N) is 2. The number of H-pyrrole nitrogens is 2. The molecule has 0 saturated heterocycles. The molecule has 2 aromatic heterocycles. The number of carboxylic acid groups (broad SMARTS) is 2. The van der Waals surface area contributed by atoms with Gasteiger partial charge in [0.25, 0.3) is 11.1 Å². The van der Waals surface area contributed by atoms with Crippen molar-refractivity contribution in [2.75, 3.05) is 6.61 Å². The monoisotopic (exact) mass is 584 g/mol. The summed E-state index contributed by atoms with van der Waals surface area (Å²) >= 11 is 0. The molecule has 0 amide bonds. The van der Waals surface area contributed by atoms with Crippen molar-refractivity contribution in [2.45, 2.75) is 26.7 Å². The minimum atomic E-state index is -1.10. The summed E-state index contributed by atoms with van der Waals surface area (Å²) in [5, 5.41) is 35.0. The third-order valence-electron chi connectivity index (χ3n) is 7.17. The van der Waals surface area contributed by atoms with Crippen LogP contribution in [0.25, 0.3) is 11.4 Å². The molecule has 0 fully saturated rings. The number of carboxylic acids is 2. The van der Waals surface area contributed by atoms with Crippen LogP contribution >= 0.6 is 0 Å². The molecule has 220 valence electrons. The van der Waals surface area contributed by atoms with Gasteiger partial charge in [-0.1, -0.05) is 6.07 Å². The third-order valence-corrected chi connectivity index (χ3v) is 7.17. The number of ether oxygens (including phenoxy) is 1. The van der Waals surface area contributed by atoms with Gasteiger partial charge in [-0.15, -0.1) is 0 Å². The molecule has 0 aliphatic rings. The summed E-state index contributed by atoms with van der Waals surface area (Å²) in [5.74, 6) is -3.05. The second-order valence-corrected chi connectivity index (χ2v) is 9.88. The van der Waals surface area contributed by atoms with Crippen LogP contribution in [0.5, 0.6) is 11.5 Å². The molecular weight excluding hydrogens is 556 g/mol. The van der Waals surface area contributed by atoms with Crippen molar-refractivity contribution in [2.24, 2.45) is 0 Å². The van der Waals surface area contributed by atoms with Crippen LogP contribution < -0.4 is 15.9 Å². The van der Waals surface area contributed by atoms with E-state index in [0.717, 1.165) is 0 Å². The van der Waals surface area contributed by atoms with Gasteiger partial charge in [-0.3, -0.25) is 19.8 Å². The Hall–Kier alpha value is -5.78. The van der Waals surface area contributed by atoms with E-state index in [1.165, 1.54) is 64.0 Å². The lowest BCUT2D eigenvalue weighted by atomic mass is 9.85. The first-order chi connectivity index (χ1) is 20.5. The van der Waals surface area contributed by atoms with Crippen LogP contribution in [0.4, 0.5) is 0 Å². The van der Waals surface area contributed by atoms with E-state index < -0.39 is 29.0 Å². The summed E-state index contributed by atoms with van der Waals surface area (Å²) in [6.07, 6.45) is 0. The van der Waals surface area contributed by atoms with E-state index >= 15 is 0 Å². The van der Waals surface area contributed by atoms with Gasteiger partial charge in [0.15, 0.2) is 11.5 Å². The highest BCUT2D eigenvalue weighted by Gasteiger charge is 2.31. The van der Waals surface area contributed by atoms with Gasteiger partial charge in [-0.25, -0.2) is 19.0 Å². The molecule has 0 atom stereocenters.